The molecule has 0 unspecified atom stereocenters. The van der Waals surface area contributed by atoms with Gasteiger partial charge in [-0.05, 0) is 48.9 Å². The Bertz CT molecular complexity index is 1650. The number of amides is 3. The Morgan fingerprint density at radius 1 is 0.786 bits per heavy atom. The topological polar surface area (TPSA) is 87.3 Å². The predicted molar refractivity (Wildman–Crippen MR) is 154 cm³/mol. The molecule has 0 spiro atoms. The van der Waals surface area contributed by atoms with Crippen molar-refractivity contribution in [2.45, 2.75) is 11.8 Å². The molecule has 3 amide bonds. The largest absolute Gasteiger partial charge is 0.321 e. The SMILES string of the molecule is Cc1cccc(/C=C(/NC(=O)c2ccccc2)C(=O)Nc2cccc(SCC(=O)Nc3c(F)c(F)cc(F)c3F)c2)c1. The smallest absolute Gasteiger partial charge is 0.272 e. The molecule has 0 aliphatic heterocycles. The van der Waals surface area contributed by atoms with Gasteiger partial charge in [0.2, 0.25) is 5.91 Å². The van der Waals surface area contributed by atoms with E-state index in [0.29, 0.717) is 21.7 Å². The summed E-state index contributed by atoms with van der Waals surface area (Å²) in [5, 5.41) is 7.21. The monoisotopic (exact) mass is 593 g/mol. The number of aryl methyl sites for hydroxylation is 1. The first kappa shape index (κ1) is 30.1. The fourth-order valence-corrected chi connectivity index (χ4v) is 4.49. The zero-order valence-electron chi connectivity index (χ0n) is 22.0. The van der Waals surface area contributed by atoms with Gasteiger partial charge in [0.15, 0.2) is 23.3 Å². The highest BCUT2D eigenvalue weighted by Crippen LogP contribution is 2.26. The van der Waals surface area contributed by atoms with Gasteiger partial charge in [0, 0.05) is 22.2 Å². The normalized spacial score (nSPS) is 11.1. The molecule has 4 aromatic rings. The van der Waals surface area contributed by atoms with E-state index < -0.39 is 46.7 Å². The molecule has 214 valence electrons. The number of thioether (sulfide) groups is 1. The maximum absolute atomic E-state index is 13.9. The molecule has 0 aliphatic carbocycles. The van der Waals surface area contributed by atoms with Gasteiger partial charge in [-0.2, -0.15) is 0 Å². The van der Waals surface area contributed by atoms with E-state index in [4.69, 9.17) is 0 Å². The number of rotatable bonds is 9. The third-order valence-corrected chi connectivity index (χ3v) is 6.71. The first-order chi connectivity index (χ1) is 20.1. The van der Waals surface area contributed by atoms with Crippen LogP contribution in [0.4, 0.5) is 28.9 Å². The molecule has 0 atom stereocenters. The van der Waals surface area contributed by atoms with Crippen LogP contribution in [0.3, 0.4) is 0 Å². The molecule has 0 radical (unpaired) electrons. The van der Waals surface area contributed by atoms with Crippen LogP contribution in [-0.2, 0) is 9.59 Å². The quantitative estimate of drug-likeness (QED) is 0.0874. The van der Waals surface area contributed by atoms with Crippen LogP contribution in [0.1, 0.15) is 21.5 Å². The van der Waals surface area contributed by atoms with Crippen molar-refractivity contribution >= 4 is 46.9 Å². The fraction of sp³-hybridized carbons (Fsp3) is 0.0645. The Balaban J connectivity index is 1.46. The van der Waals surface area contributed by atoms with E-state index in [0.717, 1.165) is 17.3 Å². The molecule has 4 rings (SSSR count). The van der Waals surface area contributed by atoms with E-state index >= 15 is 0 Å². The van der Waals surface area contributed by atoms with E-state index in [1.165, 1.54) is 0 Å². The summed E-state index contributed by atoms with van der Waals surface area (Å²) >= 11 is 0.950. The maximum atomic E-state index is 13.9. The highest BCUT2D eigenvalue weighted by Gasteiger charge is 2.21. The number of halogens is 4. The number of hydrogen-bond donors (Lipinski definition) is 3. The second-order valence-corrected chi connectivity index (χ2v) is 10.0. The summed E-state index contributed by atoms with van der Waals surface area (Å²) in [4.78, 5) is 38.8. The van der Waals surface area contributed by atoms with Gasteiger partial charge in [-0.25, -0.2) is 17.6 Å². The van der Waals surface area contributed by atoms with E-state index in [-0.39, 0.29) is 17.5 Å². The minimum absolute atomic E-state index is 0.0155. The van der Waals surface area contributed by atoms with Gasteiger partial charge in [-0.15, -0.1) is 11.8 Å². The van der Waals surface area contributed by atoms with Crippen LogP contribution < -0.4 is 16.0 Å². The minimum Gasteiger partial charge on any atom is -0.321 e. The Morgan fingerprint density at radius 3 is 2.17 bits per heavy atom. The maximum Gasteiger partial charge on any atom is 0.272 e. The van der Waals surface area contributed by atoms with E-state index in [1.54, 1.807) is 66.7 Å². The van der Waals surface area contributed by atoms with Gasteiger partial charge in [-0.3, -0.25) is 14.4 Å². The van der Waals surface area contributed by atoms with Gasteiger partial charge >= 0.3 is 0 Å². The number of carbonyl (C=O) groups is 3. The van der Waals surface area contributed by atoms with Crippen LogP contribution in [0, 0.1) is 30.2 Å². The molecule has 6 nitrogen and oxygen atoms in total. The van der Waals surface area contributed by atoms with E-state index in [2.05, 4.69) is 10.6 Å². The molecule has 0 aliphatic rings. The van der Waals surface area contributed by atoms with E-state index in [1.807, 2.05) is 30.4 Å². The van der Waals surface area contributed by atoms with Crippen LogP contribution >= 0.6 is 11.8 Å². The van der Waals surface area contributed by atoms with Gasteiger partial charge in [-0.1, -0.05) is 54.1 Å². The molecular weight excluding hydrogens is 570 g/mol. The first-order valence-corrected chi connectivity index (χ1v) is 13.4. The van der Waals surface area contributed by atoms with Crippen molar-refractivity contribution in [1.29, 1.82) is 0 Å². The standard InChI is InChI=1S/C31H23F4N3O3S/c1-18-7-5-8-19(13-18)14-25(37-30(40)20-9-3-2-4-10-20)31(41)36-21-11-6-12-22(15-21)42-17-26(39)38-29-27(34)23(32)16-24(33)28(29)35/h2-16H,17H2,1H3,(H,36,41)(H,37,40)(H,38,39)/b25-14+. The third-order valence-electron chi connectivity index (χ3n) is 5.72. The van der Waals surface area contributed by atoms with Crippen LogP contribution in [0.25, 0.3) is 6.08 Å². The van der Waals surface area contributed by atoms with Crippen molar-refractivity contribution in [1.82, 2.24) is 5.32 Å². The van der Waals surface area contributed by atoms with Crippen molar-refractivity contribution < 1.29 is 31.9 Å². The molecule has 3 N–H and O–H groups in total. The highest BCUT2D eigenvalue weighted by molar-refractivity contribution is 8.00. The lowest BCUT2D eigenvalue weighted by atomic mass is 10.1. The fourth-order valence-electron chi connectivity index (χ4n) is 3.74. The second-order valence-electron chi connectivity index (χ2n) is 8.95. The third kappa shape index (κ3) is 7.85. The van der Waals surface area contributed by atoms with Crippen molar-refractivity contribution in [3.63, 3.8) is 0 Å². The summed E-state index contributed by atoms with van der Waals surface area (Å²) in [5.74, 6) is -9.08. The highest BCUT2D eigenvalue weighted by atomic mass is 32.2. The molecule has 0 fully saturated rings. The lowest BCUT2D eigenvalue weighted by molar-refractivity contribution is -0.114. The average molecular weight is 594 g/mol. The molecule has 11 heteroatoms. The number of anilines is 2. The first-order valence-electron chi connectivity index (χ1n) is 12.4. The average Bonchev–Trinajstić information content (AvgIpc) is 2.97. The van der Waals surface area contributed by atoms with Crippen molar-refractivity contribution in [2.75, 3.05) is 16.4 Å². The molecular formula is C31H23F4N3O3S. The van der Waals surface area contributed by atoms with Crippen LogP contribution in [0.15, 0.2) is 95.5 Å². The number of nitrogens with one attached hydrogen (secondary N) is 3. The van der Waals surface area contributed by atoms with Crippen LogP contribution in [0.5, 0.6) is 0 Å². The Kier molecular flexibility index (Phi) is 9.77. The zero-order valence-corrected chi connectivity index (χ0v) is 22.8. The molecule has 42 heavy (non-hydrogen) atoms. The summed E-state index contributed by atoms with van der Waals surface area (Å²) < 4.78 is 54.6. The summed E-state index contributed by atoms with van der Waals surface area (Å²) in [5.41, 5.74) is 1.11. The molecule has 0 heterocycles. The summed E-state index contributed by atoms with van der Waals surface area (Å²) in [6.07, 6.45) is 1.54. The lowest BCUT2D eigenvalue weighted by Gasteiger charge is -2.12. The Hall–Kier alpha value is -4.90. The van der Waals surface area contributed by atoms with Gasteiger partial charge in [0.25, 0.3) is 11.8 Å². The molecule has 0 aromatic heterocycles. The number of benzene rings is 4. The van der Waals surface area contributed by atoms with Gasteiger partial charge in [0.05, 0.1) is 5.75 Å². The second kappa shape index (κ2) is 13.6. The number of carbonyl (C=O) groups excluding carboxylic acids is 3. The number of hydrogen-bond acceptors (Lipinski definition) is 4. The summed E-state index contributed by atoms with van der Waals surface area (Å²) in [6.45, 7) is 1.90. The Labute approximate surface area is 242 Å². The minimum atomic E-state index is -1.72. The van der Waals surface area contributed by atoms with Gasteiger partial charge < -0.3 is 16.0 Å². The Morgan fingerprint density at radius 2 is 1.48 bits per heavy atom. The predicted octanol–water partition coefficient (Wildman–Crippen LogP) is 6.69. The van der Waals surface area contributed by atoms with E-state index in [9.17, 15) is 31.9 Å². The molecule has 0 bridgehead atoms. The van der Waals surface area contributed by atoms with Crippen LogP contribution in [0.2, 0.25) is 0 Å². The molecule has 0 saturated carbocycles. The van der Waals surface area contributed by atoms with Crippen molar-refractivity contribution in [3.05, 3.63) is 131 Å². The zero-order chi connectivity index (χ0) is 30.2. The summed E-state index contributed by atoms with van der Waals surface area (Å²) in [7, 11) is 0. The van der Waals surface area contributed by atoms with Gasteiger partial charge in [0.1, 0.15) is 11.4 Å². The lowest BCUT2D eigenvalue weighted by Crippen LogP contribution is -2.30. The van der Waals surface area contributed by atoms with Crippen LogP contribution in [-0.4, -0.2) is 23.5 Å². The molecule has 0 saturated heterocycles. The molecule has 4 aromatic carbocycles. The van der Waals surface area contributed by atoms with Crippen molar-refractivity contribution in [3.8, 4) is 0 Å². The summed E-state index contributed by atoms with van der Waals surface area (Å²) in [6, 6.07) is 22.1. The van der Waals surface area contributed by atoms with Crippen molar-refractivity contribution in [2.24, 2.45) is 0 Å².